The third-order valence-electron chi connectivity index (χ3n) is 3.70. The number of carbonyl (C=O) groups excluding carboxylic acids is 1. The van der Waals surface area contributed by atoms with Crippen molar-refractivity contribution in [2.24, 2.45) is 0 Å². The molecule has 0 bridgehead atoms. The SMILES string of the molecule is CCCCCCOC(=O)Cc1ccccc1-c1ccccc1. The van der Waals surface area contributed by atoms with Gasteiger partial charge in [-0.2, -0.15) is 0 Å². The molecule has 0 N–H and O–H groups in total. The van der Waals surface area contributed by atoms with Gasteiger partial charge in [0.15, 0.2) is 0 Å². The van der Waals surface area contributed by atoms with E-state index in [0.717, 1.165) is 29.5 Å². The summed E-state index contributed by atoms with van der Waals surface area (Å²) in [6.07, 6.45) is 4.82. The molecular weight excluding hydrogens is 272 g/mol. The number of rotatable bonds is 8. The van der Waals surface area contributed by atoms with E-state index in [0.29, 0.717) is 13.0 Å². The quantitative estimate of drug-likeness (QED) is 0.505. The number of carbonyl (C=O) groups is 1. The van der Waals surface area contributed by atoms with Gasteiger partial charge in [0.25, 0.3) is 0 Å². The summed E-state index contributed by atoms with van der Waals surface area (Å²) in [5, 5.41) is 0. The van der Waals surface area contributed by atoms with Crippen LogP contribution < -0.4 is 0 Å². The third-order valence-corrected chi connectivity index (χ3v) is 3.70. The van der Waals surface area contributed by atoms with Crippen LogP contribution in [-0.2, 0) is 16.0 Å². The predicted molar refractivity (Wildman–Crippen MR) is 90.7 cm³/mol. The lowest BCUT2D eigenvalue weighted by molar-refractivity contribution is -0.142. The molecule has 2 aromatic carbocycles. The summed E-state index contributed by atoms with van der Waals surface area (Å²) in [4.78, 5) is 12.0. The van der Waals surface area contributed by atoms with Crippen LogP contribution in [0.25, 0.3) is 11.1 Å². The molecule has 2 heteroatoms. The van der Waals surface area contributed by atoms with Crippen LogP contribution in [0.5, 0.6) is 0 Å². The second-order valence-corrected chi connectivity index (χ2v) is 5.48. The zero-order valence-electron chi connectivity index (χ0n) is 13.3. The first-order chi connectivity index (χ1) is 10.8. The third kappa shape index (κ3) is 5.03. The summed E-state index contributed by atoms with van der Waals surface area (Å²) in [6.45, 7) is 2.71. The fourth-order valence-electron chi connectivity index (χ4n) is 2.50. The maximum Gasteiger partial charge on any atom is 0.310 e. The van der Waals surface area contributed by atoms with Crippen molar-refractivity contribution in [1.29, 1.82) is 0 Å². The standard InChI is InChI=1S/C20H24O2/c1-2-3-4-10-15-22-20(21)16-18-13-8-9-14-19(18)17-11-6-5-7-12-17/h5-9,11-14H,2-4,10,15-16H2,1H3. The lowest BCUT2D eigenvalue weighted by Crippen LogP contribution is -2.09. The van der Waals surface area contributed by atoms with Crippen LogP contribution >= 0.6 is 0 Å². The van der Waals surface area contributed by atoms with Crippen LogP contribution in [0.2, 0.25) is 0 Å². The van der Waals surface area contributed by atoms with E-state index in [4.69, 9.17) is 4.74 Å². The predicted octanol–water partition coefficient (Wildman–Crippen LogP) is 5.02. The highest BCUT2D eigenvalue weighted by Gasteiger charge is 2.10. The van der Waals surface area contributed by atoms with E-state index >= 15 is 0 Å². The fourth-order valence-corrected chi connectivity index (χ4v) is 2.50. The largest absolute Gasteiger partial charge is 0.465 e. The molecule has 2 nitrogen and oxygen atoms in total. The summed E-state index contributed by atoms with van der Waals surface area (Å²) in [5.74, 6) is -0.139. The molecule has 0 amide bonds. The lowest BCUT2D eigenvalue weighted by atomic mass is 9.98. The number of ether oxygens (including phenoxy) is 1. The smallest absolute Gasteiger partial charge is 0.310 e. The number of hydrogen-bond donors (Lipinski definition) is 0. The van der Waals surface area contributed by atoms with Crippen LogP contribution in [0.4, 0.5) is 0 Å². The van der Waals surface area contributed by atoms with Crippen molar-refractivity contribution in [2.75, 3.05) is 6.61 Å². The van der Waals surface area contributed by atoms with Gasteiger partial charge in [0.1, 0.15) is 0 Å². The van der Waals surface area contributed by atoms with Crippen molar-refractivity contribution in [1.82, 2.24) is 0 Å². The molecule has 0 aliphatic rings. The molecule has 0 atom stereocenters. The van der Waals surface area contributed by atoms with E-state index < -0.39 is 0 Å². The highest BCUT2D eigenvalue weighted by Crippen LogP contribution is 2.23. The van der Waals surface area contributed by atoms with E-state index in [1.165, 1.54) is 12.8 Å². The molecule has 116 valence electrons. The highest BCUT2D eigenvalue weighted by atomic mass is 16.5. The van der Waals surface area contributed by atoms with Gasteiger partial charge in [-0.05, 0) is 23.1 Å². The normalized spacial score (nSPS) is 10.4. The Bertz CT molecular complexity index is 575. The average Bonchev–Trinajstić information content (AvgIpc) is 2.56. The Morgan fingerprint density at radius 1 is 0.909 bits per heavy atom. The zero-order chi connectivity index (χ0) is 15.6. The highest BCUT2D eigenvalue weighted by molar-refractivity contribution is 5.77. The van der Waals surface area contributed by atoms with Crippen LogP contribution in [-0.4, -0.2) is 12.6 Å². The minimum absolute atomic E-state index is 0.139. The van der Waals surface area contributed by atoms with E-state index in [-0.39, 0.29) is 5.97 Å². The molecule has 2 aromatic rings. The molecule has 0 unspecified atom stereocenters. The summed E-state index contributed by atoms with van der Waals surface area (Å²) >= 11 is 0. The van der Waals surface area contributed by atoms with Gasteiger partial charge in [-0.25, -0.2) is 0 Å². The summed E-state index contributed by atoms with van der Waals surface area (Å²) in [7, 11) is 0. The Labute approximate surface area is 133 Å². The molecule has 0 radical (unpaired) electrons. The molecule has 0 aromatic heterocycles. The monoisotopic (exact) mass is 296 g/mol. The lowest BCUT2D eigenvalue weighted by Gasteiger charge is -2.10. The van der Waals surface area contributed by atoms with Crippen molar-refractivity contribution < 1.29 is 9.53 Å². The van der Waals surface area contributed by atoms with Gasteiger partial charge in [0.05, 0.1) is 13.0 Å². The van der Waals surface area contributed by atoms with Crippen molar-refractivity contribution in [2.45, 2.75) is 39.0 Å². The molecule has 2 rings (SSSR count). The Hall–Kier alpha value is -2.09. The van der Waals surface area contributed by atoms with Crippen molar-refractivity contribution in [3.05, 3.63) is 60.2 Å². The second kappa shape index (κ2) is 9.04. The van der Waals surface area contributed by atoms with E-state index in [2.05, 4.69) is 25.1 Å². The number of unbranched alkanes of at least 4 members (excludes halogenated alkanes) is 3. The molecule has 0 aliphatic heterocycles. The molecule has 0 saturated heterocycles. The summed E-state index contributed by atoms with van der Waals surface area (Å²) in [5.41, 5.74) is 3.26. The Morgan fingerprint density at radius 2 is 1.64 bits per heavy atom. The van der Waals surface area contributed by atoms with Gasteiger partial charge in [-0.15, -0.1) is 0 Å². The number of hydrogen-bond acceptors (Lipinski definition) is 2. The van der Waals surface area contributed by atoms with Gasteiger partial charge >= 0.3 is 5.97 Å². The molecule has 0 aliphatic carbocycles. The van der Waals surface area contributed by atoms with Crippen LogP contribution in [0, 0.1) is 0 Å². The van der Waals surface area contributed by atoms with Gasteiger partial charge in [-0.1, -0.05) is 80.8 Å². The van der Waals surface area contributed by atoms with Gasteiger partial charge in [-0.3, -0.25) is 4.79 Å². The number of esters is 1. The van der Waals surface area contributed by atoms with Crippen LogP contribution in [0.3, 0.4) is 0 Å². The van der Waals surface area contributed by atoms with E-state index in [1.54, 1.807) is 0 Å². The van der Waals surface area contributed by atoms with Crippen molar-refractivity contribution in [3.63, 3.8) is 0 Å². The first kappa shape index (κ1) is 16.3. The van der Waals surface area contributed by atoms with Crippen LogP contribution in [0.15, 0.2) is 54.6 Å². The van der Waals surface area contributed by atoms with Crippen molar-refractivity contribution >= 4 is 5.97 Å². The topological polar surface area (TPSA) is 26.3 Å². The van der Waals surface area contributed by atoms with Gasteiger partial charge in [0, 0.05) is 0 Å². The zero-order valence-corrected chi connectivity index (χ0v) is 13.3. The maximum absolute atomic E-state index is 12.0. The summed E-state index contributed by atoms with van der Waals surface area (Å²) in [6, 6.07) is 18.2. The fraction of sp³-hybridized carbons (Fsp3) is 0.350. The summed E-state index contributed by atoms with van der Waals surface area (Å²) < 4.78 is 5.34. The molecular formula is C20H24O2. The molecule has 22 heavy (non-hydrogen) atoms. The average molecular weight is 296 g/mol. The Kier molecular flexibility index (Phi) is 6.69. The molecule has 0 fully saturated rings. The molecule has 0 heterocycles. The number of benzene rings is 2. The maximum atomic E-state index is 12.0. The van der Waals surface area contributed by atoms with Crippen molar-refractivity contribution in [3.8, 4) is 11.1 Å². The first-order valence-electron chi connectivity index (χ1n) is 8.10. The minimum atomic E-state index is -0.139. The first-order valence-corrected chi connectivity index (χ1v) is 8.10. The molecule has 0 spiro atoms. The van der Waals surface area contributed by atoms with Gasteiger partial charge < -0.3 is 4.74 Å². The second-order valence-electron chi connectivity index (χ2n) is 5.48. The minimum Gasteiger partial charge on any atom is -0.465 e. The molecule has 0 saturated carbocycles. The Balaban J connectivity index is 1.94. The van der Waals surface area contributed by atoms with E-state index in [1.807, 2.05) is 36.4 Å². The van der Waals surface area contributed by atoms with Crippen LogP contribution in [0.1, 0.15) is 38.2 Å². The van der Waals surface area contributed by atoms with Gasteiger partial charge in [0.2, 0.25) is 0 Å². The van der Waals surface area contributed by atoms with E-state index in [9.17, 15) is 4.79 Å². The Morgan fingerprint density at radius 3 is 2.41 bits per heavy atom.